The Balaban J connectivity index is 1.79. The number of anilines is 1. The Bertz CT molecular complexity index is 1010. The first-order valence-electron chi connectivity index (χ1n) is 8.13. The first-order chi connectivity index (χ1) is 12.7. The van der Waals surface area contributed by atoms with Crippen LogP contribution in [0.5, 0.6) is 0 Å². The van der Waals surface area contributed by atoms with Gasteiger partial charge in [-0.15, -0.1) is 0 Å². The van der Waals surface area contributed by atoms with Crippen LogP contribution in [0.15, 0.2) is 85.2 Å². The van der Waals surface area contributed by atoms with Crippen molar-refractivity contribution >= 4 is 17.4 Å². The molecule has 2 N–H and O–H groups in total. The van der Waals surface area contributed by atoms with Crippen LogP contribution in [0.2, 0.25) is 0 Å². The molecule has 128 valence electrons. The third-order valence-corrected chi connectivity index (χ3v) is 4.24. The molecule has 0 aliphatic rings. The van der Waals surface area contributed by atoms with Crippen molar-refractivity contribution in [3.63, 3.8) is 0 Å². The van der Waals surface area contributed by atoms with Crippen molar-refractivity contribution in [2.75, 3.05) is 5.32 Å². The number of nitrogens with zero attached hydrogens (tertiary/aromatic N) is 3. The number of nitrogens with one attached hydrogen (secondary N) is 1. The summed E-state index contributed by atoms with van der Waals surface area (Å²) in [6.45, 7) is 0. The highest BCUT2D eigenvalue weighted by atomic mass is 16.3. The Morgan fingerprint density at radius 1 is 0.885 bits per heavy atom. The zero-order valence-electron chi connectivity index (χ0n) is 13.8. The summed E-state index contributed by atoms with van der Waals surface area (Å²) in [6.07, 6.45) is 3.18. The quantitative estimate of drug-likeness (QED) is 0.596. The minimum Gasteiger partial charge on any atom is -0.372 e. The lowest BCUT2D eigenvalue weighted by Crippen LogP contribution is -2.41. The molecule has 1 amide bonds. The van der Waals surface area contributed by atoms with Crippen LogP contribution in [-0.2, 0) is 10.4 Å². The normalized spacial score (nSPS) is 11.4. The van der Waals surface area contributed by atoms with Gasteiger partial charge in [0, 0.05) is 12.3 Å². The van der Waals surface area contributed by atoms with Crippen LogP contribution in [-0.4, -0.2) is 25.6 Å². The number of hydrogen-bond acceptors (Lipinski definition) is 4. The Morgan fingerprint density at radius 3 is 2.12 bits per heavy atom. The van der Waals surface area contributed by atoms with Gasteiger partial charge in [0.25, 0.3) is 5.91 Å². The van der Waals surface area contributed by atoms with Crippen molar-refractivity contribution in [2.24, 2.45) is 0 Å². The van der Waals surface area contributed by atoms with E-state index in [2.05, 4.69) is 15.4 Å². The monoisotopic (exact) mass is 344 g/mol. The number of aliphatic hydroxyl groups is 1. The minimum absolute atomic E-state index is 0.426. The van der Waals surface area contributed by atoms with Gasteiger partial charge in [0.15, 0.2) is 11.2 Å². The van der Waals surface area contributed by atoms with Crippen molar-refractivity contribution < 1.29 is 9.90 Å². The van der Waals surface area contributed by atoms with Gasteiger partial charge in [-0.2, -0.15) is 9.61 Å². The van der Waals surface area contributed by atoms with Crippen LogP contribution >= 0.6 is 0 Å². The zero-order valence-corrected chi connectivity index (χ0v) is 13.8. The largest absolute Gasteiger partial charge is 0.372 e. The van der Waals surface area contributed by atoms with Crippen LogP contribution in [0.25, 0.3) is 5.65 Å². The Labute approximate surface area is 149 Å². The number of fused-ring (bicyclic) bond motifs is 1. The lowest BCUT2D eigenvalue weighted by molar-refractivity contribution is -0.131. The van der Waals surface area contributed by atoms with Gasteiger partial charge in [0.05, 0.1) is 6.20 Å². The van der Waals surface area contributed by atoms with Gasteiger partial charge in [-0.25, -0.2) is 4.98 Å². The molecule has 0 saturated heterocycles. The summed E-state index contributed by atoms with van der Waals surface area (Å²) in [4.78, 5) is 17.4. The highest BCUT2D eigenvalue weighted by Gasteiger charge is 2.40. The smallest absolute Gasteiger partial charge is 0.266 e. The molecule has 6 heteroatoms. The van der Waals surface area contributed by atoms with Crippen molar-refractivity contribution in [1.82, 2.24) is 14.6 Å². The van der Waals surface area contributed by atoms with Crippen LogP contribution in [0.1, 0.15) is 11.1 Å². The second-order valence-electron chi connectivity index (χ2n) is 5.83. The van der Waals surface area contributed by atoms with Gasteiger partial charge >= 0.3 is 0 Å². The van der Waals surface area contributed by atoms with Crippen LogP contribution in [0.3, 0.4) is 0 Å². The fourth-order valence-electron chi connectivity index (χ4n) is 2.92. The zero-order chi connectivity index (χ0) is 18.0. The molecule has 0 saturated carbocycles. The second kappa shape index (κ2) is 6.42. The molecule has 0 aliphatic heterocycles. The van der Waals surface area contributed by atoms with E-state index in [9.17, 15) is 9.90 Å². The maximum atomic E-state index is 13.2. The van der Waals surface area contributed by atoms with Gasteiger partial charge in [-0.05, 0) is 17.2 Å². The number of carbonyl (C=O) groups is 1. The Kier molecular flexibility index (Phi) is 3.95. The molecule has 2 aromatic heterocycles. The van der Waals surface area contributed by atoms with Gasteiger partial charge in [0.1, 0.15) is 5.82 Å². The van der Waals surface area contributed by atoms with E-state index in [-0.39, 0.29) is 0 Å². The molecule has 0 spiro atoms. The van der Waals surface area contributed by atoms with Crippen LogP contribution < -0.4 is 5.32 Å². The summed E-state index contributed by atoms with van der Waals surface area (Å²) in [7, 11) is 0. The van der Waals surface area contributed by atoms with Gasteiger partial charge < -0.3 is 10.4 Å². The van der Waals surface area contributed by atoms with E-state index in [0.29, 0.717) is 22.6 Å². The third-order valence-electron chi connectivity index (χ3n) is 4.24. The number of amides is 1. The fraction of sp³-hybridized carbons (Fsp3) is 0.0500. The number of hydrogen-bond donors (Lipinski definition) is 2. The molecule has 0 atom stereocenters. The van der Waals surface area contributed by atoms with E-state index in [0.717, 1.165) is 0 Å². The molecule has 2 aromatic carbocycles. The Hall–Kier alpha value is -3.51. The third kappa shape index (κ3) is 2.62. The molecule has 2 heterocycles. The lowest BCUT2D eigenvalue weighted by Gasteiger charge is -2.28. The molecule has 0 unspecified atom stereocenters. The first-order valence-corrected chi connectivity index (χ1v) is 8.13. The Morgan fingerprint density at radius 2 is 1.50 bits per heavy atom. The van der Waals surface area contributed by atoms with E-state index in [4.69, 9.17) is 0 Å². The van der Waals surface area contributed by atoms with E-state index in [1.165, 1.54) is 4.52 Å². The van der Waals surface area contributed by atoms with Gasteiger partial charge in [0.2, 0.25) is 0 Å². The van der Waals surface area contributed by atoms with Crippen molar-refractivity contribution in [3.05, 3.63) is 96.3 Å². The number of aromatic nitrogens is 3. The summed E-state index contributed by atoms with van der Waals surface area (Å²) in [5.74, 6) is -0.145. The van der Waals surface area contributed by atoms with Crippen molar-refractivity contribution in [3.8, 4) is 0 Å². The van der Waals surface area contributed by atoms with Crippen LogP contribution in [0.4, 0.5) is 5.82 Å². The molecule has 6 nitrogen and oxygen atoms in total. The SMILES string of the molecule is O=C(Nc1ccnc2ccnn12)C(O)(c1ccccc1)c1ccccc1. The van der Waals surface area contributed by atoms with E-state index in [1.807, 2.05) is 12.1 Å². The summed E-state index contributed by atoms with van der Waals surface area (Å²) in [6, 6.07) is 21.1. The molecular formula is C20H16N4O2. The second-order valence-corrected chi connectivity index (χ2v) is 5.83. The molecule has 4 aromatic rings. The summed E-state index contributed by atoms with van der Waals surface area (Å²) in [5.41, 5.74) is -0.277. The summed E-state index contributed by atoms with van der Waals surface area (Å²) < 4.78 is 1.51. The van der Waals surface area contributed by atoms with Gasteiger partial charge in [-0.3, -0.25) is 4.79 Å². The number of rotatable bonds is 4. The minimum atomic E-state index is -1.84. The standard InChI is InChI=1S/C20H16N4O2/c25-19(23-18-11-13-21-17-12-14-22-24(17)18)20(26,15-7-3-1-4-8-15)16-9-5-2-6-10-16/h1-14,26H,(H,23,25). The molecule has 4 rings (SSSR count). The molecule has 0 radical (unpaired) electrons. The molecule has 26 heavy (non-hydrogen) atoms. The van der Waals surface area contributed by atoms with E-state index in [1.54, 1.807) is 73.1 Å². The van der Waals surface area contributed by atoms with Crippen LogP contribution in [0, 0.1) is 0 Å². The van der Waals surface area contributed by atoms with Crippen molar-refractivity contribution in [1.29, 1.82) is 0 Å². The predicted octanol–water partition coefficient (Wildman–Crippen LogP) is 2.60. The lowest BCUT2D eigenvalue weighted by atomic mass is 9.85. The molecule has 0 fully saturated rings. The number of carbonyl (C=O) groups excluding carboxylic acids is 1. The van der Waals surface area contributed by atoms with E-state index >= 15 is 0 Å². The highest BCUT2D eigenvalue weighted by Crippen LogP contribution is 2.31. The summed E-state index contributed by atoms with van der Waals surface area (Å²) in [5, 5.41) is 18.4. The van der Waals surface area contributed by atoms with Crippen molar-refractivity contribution in [2.45, 2.75) is 5.60 Å². The average Bonchev–Trinajstić information content (AvgIpc) is 3.18. The average molecular weight is 344 g/mol. The first kappa shape index (κ1) is 16.0. The molecular weight excluding hydrogens is 328 g/mol. The maximum absolute atomic E-state index is 13.2. The fourth-order valence-corrected chi connectivity index (χ4v) is 2.92. The number of benzene rings is 2. The summed E-state index contributed by atoms with van der Waals surface area (Å²) >= 11 is 0. The maximum Gasteiger partial charge on any atom is 0.266 e. The predicted molar refractivity (Wildman–Crippen MR) is 97.5 cm³/mol. The topological polar surface area (TPSA) is 79.5 Å². The van der Waals surface area contributed by atoms with E-state index < -0.39 is 11.5 Å². The highest BCUT2D eigenvalue weighted by molar-refractivity contribution is 6.00. The molecule has 0 bridgehead atoms. The van der Waals surface area contributed by atoms with Gasteiger partial charge in [-0.1, -0.05) is 60.7 Å². The molecule has 0 aliphatic carbocycles.